The molecule has 0 saturated carbocycles. The molecule has 0 aromatic rings. The number of aliphatic carboxylic acids is 4. The van der Waals surface area contributed by atoms with E-state index in [0.717, 1.165) is 122 Å². The number of nitrogens with one attached hydrogen (secondary N) is 5. The minimum atomic E-state index is -0.945. The van der Waals surface area contributed by atoms with Crippen molar-refractivity contribution in [2.75, 3.05) is 63.5 Å². The van der Waals surface area contributed by atoms with Gasteiger partial charge in [-0.2, -0.15) is 0 Å². The molecule has 464 valence electrons. The van der Waals surface area contributed by atoms with Gasteiger partial charge in [-0.05, 0) is 109 Å². The molecule has 0 radical (unpaired) electrons. The van der Waals surface area contributed by atoms with Gasteiger partial charge in [0.15, 0.2) is 0 Å². The lowest BCUT2D eigenvalue weighted by Crippen LogP contribution is -2.50. The van der Waals surface area contributed by atoms with E-state index in [1.54, 1.807) is 0 Å². The number of imide groups is 1. The van der Waals surface area contributed by atoms with Gasteiger partial charge in [-0.25, -0.2) is 4.79 Å². The van der Waals surface area contributed by atoms with Crippen LogP contribution in [0.3, 0.4) is 0 Å². The molecular formula is C52H94Cl3N8O17+. The van der Waals surface area contributed by atoms with Crippen LogP contribution in [0, 0.1) is 0 Å². The second-order valence-electron chi connectivity index (χ2n) is 18.1. The van der Waals surface area contributed by atoms with Crippen molar-refractivity contribution in [3.05, 3.63) is 0 Å². The van der Waals surface area contributed by atoms with Crippen molar-refractivity contribution in [1.82, 2.24) is 31.6 Å². The first kappa shape index (κ1) is 81.1. The number of unbranched alkanes of at least 4 members (excludes halogenated alkanes) is 14. The number of carbonyl (C=O) groups excluding carboxylic acids is 9. The predicted octanol–water partition coefficient (Wildman–Crippen LogP) is 2.25. The van der Waals surface area contributed by atoms with Gasteiger partial charge in [0.2, 0.25) is 29.5 Å². The number of quaternary nitrogens is 2. The lowest BCUT2D eigenvalue weighted by molar-refractivity contribution is -0.369. The van der Waals surface area contributed by atoms with E-state index < -0.39 is 41.7 Å². The number of hydrogen-bond donors (Lipinski definition) is 10. The van der Waals surface area contributed by atoms with Crippen molar-refractivity contribution in [3.8, 4) is 0 Å². The molecule has 1 heterocycles. The summed E-state index contributed by atoms with van der Waals surface area (Å²) in [6, 6.07) is 0. The van der Waals surface area contributed by atoms with Crippen molar-refractivity contribution >= 4 is 106 Å². The average Bonchev–Trinajstić information content (AvgIpc) is 3.73. The first-order valence-corrected chi connectivity index (χ1v) is 29.3. The first-order valence-electron chi connectivity index (χ1n) is 27.7. The third-order valence-electron chi connectivity index (χ3n) is 10.8. The van der Waals surface area contributed by atoms with Crippen LogP contribution >= 0.6 is 34.8 Å². The highest BCUT2D eigenvalue weighted by Crippen LogP contribution is 2.13. The number of halogens is 3. The van der Waals surface area contributed by atoms with Crippen LogP contribution in [0.25, 0.3) is 0 Å². The fourth-order valence-corrected chi connectivity index (χ4v) is 6.70. The summed E-state index contributed by atoms with van der Waals surface area (Å²) in [6.07, 6.45) is 19.4. The summed E-state index contributed by atoms with van der Waals surface area (Å²) in [6.45, 7) is 4.77. The number of carbonyl (C=O) groups is 12. The Labute approximate surface area is 486 Å². The van der Waals surface area contributed by atoms with E-state index in [9.17, 15) is 62.6 Å². The molecule has 0 unspecified atom stereocenters. The van der Waals surface area contributed by atoms with E-state index in [-0.39, 0.29) is 92.1 Å². The summed E-state index contributed by atoms with van der Waals surface area (Å²) in [5.41, 5.74) is 7.39. The van der Waals surface area contributed by atoms with Gasteiger partial charge in [0, 0.05) is 90.1 Å². The molecule has 0 spiro atoms. The van der Waals surface area contributed by atoms with Gasteiger partial charge in [0.1, 0.15) is 17.6 Å². The van der Waals surface area contributed by atoms with Crippen molar-refractivity contribution in [2.24, 2.45) is 0 Å². The molecule has 0 bridgehead atoms. The van der Waals surface area contributed by atoms with Gasteiger partial charge in [0.25, 0.3) is 11.8 Å². The van der Waals surface area contributed by atoms with E-state index in [1.165, 1.54) is 0 Å². The average molecular weight is 1210 g/mol. The maximum absolute atomic E-state index is 11.5. The van der Waals surface area contributed by atoms with Gasteiger partial charge in [0.05, 0.1) is 13.1 Å². The zero-order valence-corrected chi connectivity index (χ0v) is 49.1. The number of nitrogens with zero attached hydrogens (tertiary/aromatic N) is 1. The second kappa shape index (κ2) is 61.3. The van der Waals surface area contributed by atoms with Crippen LogP contribution in [-0.2, 0) is 62.4 Å². The number of amides is 7. The number of carboxylic acids is 4. The molecule has 25 nitrogen and oxygen atoms in total. The summed E-state index contributed by atoms with van der Waals surface area (Å²) >= 11 is 15.9. The van der Waals surface area contributed by atoms with Crippen LogP contribution in [0.1, 0.15) is 193 Å². The topological polar surface area (TPSA) is 416 Å². The van der Waals surface area contributed by atoms with Gasteiger partial charge in [-0.3, -0.25) is 47.9 Å². The predicted molar refractivity (Wildman–Crippen MR) is 297 cm³/mol. The van der Waals surface area contributed by atoms with E-state index in [2.05, 4.69) is 38.1 Å². The molecule has 7 amide bonds. The molecule has 1 aliphatic heterocycles. The smallest absolute Gasteiger partial charge is 0.333 e. The molecule has 1 rings (SSSR count). The molecule has 80 heavy (non-hydrogen) atoms. The highest BCUT2D eigenvalue weighted by atomic mass is 35.5. The number of rotatable bonds is 44. The molecule has 1 saturated heterocycles. The first-order chi connectivity index (χ1) is 38.2. The zero-order chi connectivity index (χ0) is 61.0. The summed E-state index contributed by atoms with van der Waals surface area (Å²) in [5, 5.41) is 49.1. The number of alkyl halides is 3. The molecule has 0 aromatic heterocycles. The van der Waals surface area contributed by atoms with Crippen molar-refractivity contribution in [2.45, 2.75) is 193 Å². The maximum atomic E-state index is 11.5. The Bertz CT molecular complexity index is 1720. The third kappa shape index (κ3) is 66.9. The SMILES string of the molecule is O=C(CCl)NCCCCCC(=O)ON1C(=O)CCC1=O.O=C(O)CCCCCNC(=O)CCCCCNC(=O)CCl.O=C(O)CCCCCNC(=O)CCl.[NH3+]CCCCCC(=O)NCCCCCC(=O)O.[NH3+]CCCCCC(=O)[O-]. The fraction of sp³-hybridized carbons (Fsp3) is 0.769. The van der Waals surface area contributed by atoms with Crippen LogP contribution in [0.15, 0.2) is 0 Å². The quantitative estimate of drug-likeness (QED) is 0.0238. The normalized spacial score (nSPS) is 11.1. The van der Waals surface area contributed by atoms with Crippen molar-refractivity contribution < 1.29 is 94.3 Å². The van der Waals surface area contributed by atoms with Crippen LogP contribution in [0.5, 0.6) is 0 Å². The Morgan fingerprint density at radius 2 is 0.662 bits per heavy atom. The van der Waals surface area contributed by atoms with E-state index in [1.807, 2.05) is 0 Å². The third-order valence-corrected chi connectivity index (χ3v) is 11.5. The van der Waals surface area contributed by atoms with Crippen LogP contribution in [-0.4, -0.2) is 155 Å². The standard InChI is InChI=1S/C14H25ClN2O4.C12H17ClN2O5.C12H24N2O3.C8H14ClNO3.C6H13NO2/c15-11-13(19)17-10-5-1-3-7-12(18)16-9-6-2-4-8-14(20)21;13-8-9(16)14-7-3-1-2-4-12(19)20-15-10(17)5-6-11(15)18;13-9-5-1-3-7-11(15)14-10-6-2-4-8-12(16)17;9-6-7(11)10-5-3-1-2-4-8(12)13;7-5-3-1-2-4-6(8)9/h1-11H2,(H,16,18)(H,17,19)(H,20,21);1-8H2,(H,14,16);1-10,13H2,(H,14,15)(H,16,17);1-6H2,(H,10,11)(H,12,13);1-5,7H2,(H,8,9)/p+1. The van der Waals surface area contributed by atoms with E-state index >= 15 is 0 Å². The molecule has 1 fully saturated rings. The molecule has 0 atom stereocenters. The maximum Gasteiger partial charge on any atom is 0.333 e. The lowest BCUT2D eigenvalue weighted by Gasteiger charge is -2.12. The summed E-state index contributed by atoms with van der Waals surface area (Å²) in [5.74, 6) is -5.35. The molecule has 0 aromatic carbocycles. The highest BCUT2D eigenvalue weighted by molar-refractivity contribution is 6.27. The van der Waals surface area contributed by atoms with E-state index in [0.29, 0.717) is 76.3 Å². The number of carboxylic acid groups (broad SMARTS) is 4. The summed E-state index contributed by atoms with van der Waals surface area (Å²) in [7, 11) is 0. The van der Waals surface area contributed by atoms with E-state index in [4.69, 9.17) is 55.0 Å². The summed E-state index contributed by atoms with van der Waals surface area (Å²) < 4.78 is 0. The Morgan fingerprint density at radius 3 is 0.938 bits per heavy atom. The molecule has 0 aliphatic carbocycles. The minimum absolute atomic E-state index is 0.0187. The molecule has 14 N–H and O–H groups in total. The summed E-state index contributed by atoms with van der Waals surface area (Å²) in [4.78, 5) is 134. The van der Waals surface area contributed by atoms with Crippen LogP contribution in [0.4, 0.5) is 0 Å². The van der Waals surface area contributed by atoms with Gasteiger partial charge < -0.3 is 68.1 Å². The minimum Gasteiger partial charge on any atom is -0.550 e. The number of hydrogen-bond acceptors (Lipinski definition) is 14. The second-order valence-corrected chi connectivity index (χ2v) is 18.9. The van der Waals surface area contributed by atoms with Crippen molar-refractivity contribution in [3.63, 3.8) is 0 Å². The Kier molecular flexibility index (Phi) is 62.1. The molecule has 1 aliphatic rings. The van der Waals surface area contributed by atoms with Crippen molar-refractivity contribution in [1.29, 1.82) is 0 Å². The monoisotopic (exact) mass is 1210 g/mol. The highest BCUT2D eigenvalue weighted by Gasteiger charge is 2.32. The largest absolute Gasteiger partial charge is 0.550 e. The zero-order valence-electron chi connectivity index (χ0n) is 46.8. The Balaban J connectivity index is -0.000000463. The Hall–Kier alpha value is -5.37. The molecule has 28 heteroatoms. The van der Waals surface area contributed by atoms with Crippen LogP contribution in [0.2, 0.25) is 0 Å². The fourth-order valence-electron chi connectivity index (χ4n) is 6.42. The van der Waals surface area contributed by atoms with Gasteiger partial charge >= 0.3 is 23.9 Å². The van der Waals surface area contributed by atoms with Gasteiger partial charge in [-0.15, -0.1) is 39.9 Å². The molecular weight excluding hydrogens is 1110 g/mol. The van der Waals surface area contributed by atoms with Gasteiger partial charge in [-0.1, -0.05) is 32.1 Å². The lowest BCUT2D eigenvalue weighted by atomic mass is 10.1. The Morgan fingerprint density at radius 1 is 0.400 bits per heavy atom. The van der Waals surface area contributed by atoms with Crippen LogP contribution < -0.4 is 43.2 Å². The number of hydroxylamine groups is 2.